The van der Waals surface area contributed by atoms with E-state index in [1.54, 1.807) is 57.5 Å². The Morgan fingerprint density at radius 2 is 0.800 bits per heavy atom. The fraction of sp³-hybridized carbons (Fsp3) is 0.118. The van der Waals surface area contributed by atoms with Gasteiger partial charge in [-0.1, -0.05) is 12.1 Å². The van der Waals surface area contributed by atoms with Gasteiger partial charge in [0, 0.05) is 100 Å². The Balaban J connectivity index is 1.11. The van der Waals surface area contributed by atoms with E-state index in [1.807, 2.05) is 62.3 Å². The summed E-state index contributed by atoms with van der Waals surface area (Å²) in [5.74, 6) is -0.423. The van der Waals surface area contributed by atoms with Crippen molar-refractivity contribution in [2.75, 3.05) is 38.0 Å². The quantitative estimate of drug-likeness (QED) is 0.174. The summed E-state index contributed by atoms with van der Waals surface area (Å²) < 4.78 is 43.8. The number of anilines is 2. The van der Waals surface area contributed by atoms with Crippen LogP contribution in [0.25, 0.3) is 71.6 Å². The molecule has 5 heterocycles. The second kappa shape index (κ2) is 11.0. The molecule has 0 N–H and O–H groups in total. The number of rotatable bonds is 6. The molecule has 0 spiro atoms. The molecule has 8 rings (SSSR count). The zero-order chi connectivity index (χ0) is 31.0. The monoisotopic (exact) mass is 686 g/mol. The third-order valence-corrected chi connectivity index (χ3v) is 13.1. The van der Waals surface area contributed by atoms with Gasteiger partial charge in [-0.3, -0.25) is 0 Å². The first-order chi connectivity index (χ1) is 21.7. The van der Waals surface area contributed by atoms with Gasteiger partial charge >= 0.3 is 0 Å². The number of benzene rings is 3. The maximum absolute atomic E-state index is 14.9. The molecule has 0 aliphatic carbocycles. The Labute approximate surface area is 278 Å². The van der Waals surface area contributed by atoms with Gasteiger partial charge in [-0.05, 0) is 60.7 Å². The van der Waals surface area contributed by atoms with Crippen molar-refractivity contribution in [2.45, 2.75) is 0 Å². The van der Waals surface area contributed by atoms with E-state index in [9.17, 15) is 8.78 Å². The van der Waals surface area contributed by atoms with Gasteiger partial charge in [-0.15, -0.1) is 45.3 Å². The smallest absolute Gasteiger partial charge is 0.133 e. The lowest BCUT2D eigenvalue weighted by Crippen LogP contribution is -2.08. The van der Waals surface area contributed by atoms with Crippen LogP contribution in [0, 0.1) is 11.6 Å². The summed E-state index contributed by atoms with van der Waals surface area (Å²) in [4.78, 5) is 7.89. The Hall–Kier alpha value is -3.74. The molecule has 0 unspecified atom stereocenters. The molecule has 11 heteroatoms. The van der Waals surface area contributed by atoms with Gasteiger partial charge in [0.25, 0.3) is 0 Å². The van der Waals surface area contributed by atoms with Crippen LogP contribution in [0.5, 0.6) is 0 Å². The Kier molecular flexibility index (Phi) is 6.99. The molecule has 5 aromatic heterocycles. The standard InChI is InChI=1S/C34H24F2N4S5/c1-39(2)17-5-7-19(23(35)11-17)25-13-29-31(41-25)15-27(43-29)21-9-10-22(34-33(21)37-45-38-34)28-16-32-30(44-28)14-26(42-32)20-8-6-18(40(3)4)12-24(20)36/h5-16H,1-4H3. The van der Waals surface area contributed by atoms with E-state index < -0.39 is 0 Å². The first-order valence-corrected chi connectivity index (χ1v) is 18.0. The van der Waals surface area contributed by atoms with Crippen molar-refractivity contribution >= 4 is 98.3 Å². The van der Waals surface area contributed by atoms with Crippen molar-refractivity contribution in [2.24, 2.45) is 0 Å². The molecular weight excluding hydrogens is 663 g/mol. The number of nitrogens with zero attached hydrogens (tertiary/aromatic N) is 4. The maximum Gasteiger partial charge on any atom is 0.133 e. The largest absolute Gasteiger partial charge is 0.378 e. The van der Waals surface area contributed by atoms with Crippen molar-refractivity contribution < 1.29 is 8.78 Å². The summed E-state index contributed by atoms with van der Waals surface area (Å²) in [6.45, 7) is 0. The molecule has 224 valence electrons. The lowest BCUT2D eigenvalue weighted by molar-refractivity contribution is 0.631. The minimum Gasteiger partial charge on any atom is -0.378 e. The molecule has 0 radical (unpaired) electrons. The molecule has 3 aromatic carbocycles. The zero-order valence-corrected chi connectivity index (χ0v) is 28.6. The van der Waals surface area contributed by atoms with E-state index in [0.717, 1.165) is 71.8 Å². The van der Waals surface area contributed by atoms with Crippen LogP contribution in [0.3, 0.4) is 0 Å². The van der Waals surface area contributed by atoms with Crippen LogP contribution in [0.2, 0.25) is 0 Å². The van der Waals surface area contributed by atoms with Crippen LogP contribution >= 0.6 is 57.1 Å². The second-order valence-corrected chi connectivity index (χ2v) is 16.0. The third-order valence-electron chi connectivity index (χ3n) is 7.83. The summed E-state index contributed by atoms with van der Waals surface area (Å²) >= 11 is 7.83. The highest BCUT2D eigenvalue weighted by Crippen LogP contribution is 2.47. The molecule has 0 saturated heterocycles. The van der Waals surface area contributed by atoms with Gasteiger partial charge in [0.15, 0.2) is 0 Å². The molecule has 0 aliphatic rings. The van der Waals surface area contributed by atoms with Crippen LogP contribution in [0.4, 0.5) is 20.2 Å². The summed E-state index contributed by atoms with van der Waals surface area (Å²) in [6, 6.07) is 23.6. The lowest BCUT2D eigenvalue weighted by atomic mass is 10.1. The fourth-order valence-corrected chi connectivity index (χ4v) is 10.9. The van der Waals surface area contributed by atoms with Gasteiger partial charge in [0.05, 0.1) is 11.7 Å². The first kappa shape index (κ1) is 28.7. The number of hydrogen-bond donors (Lipinski definition) is 0. The van der Waals surface area contributed by atoms with Crippen LogP contribution in [-0.2, 0) is 0 Å². The third kappa shape index (κ3) is 4.94. The molecule has 0 fully saturated rings. The van der Waals surface area contributed by atoms with E-state index in [0.29, 0.717) is 11.1 Å². The number of thiophene rings is 4. The topological polar surface area (TPSA) is 32.3 Å². The SMILES string of the molecule is CN(C)c1ccc(-c2cc3sc(-c4ccc(-c5cc6sc(-c7ccc(N(C)C)cc7F)cc6s5)c5nsnc45)cc3s2)c(F)c1. The van der Waals surface area contributed by atoms with Crippen LogP contribution in [0.1, 0.15) is 0 Å². The molecule has 0 atom stereocenters. The summed E-state index contributed by atoms with van der Waals surface area (Å²) in [6.07, 6.45) is 0. The normalized spacial score (nSPS) is 11.8. The molecule has 8 aromatic rings. The molecule has 45 heavy (non-hydrogen) atoms. The first-order valence-electron chi connectivity index (χ1n) is 14.0. The minimum atomic E-state index is -0.211. The average molecular weight is 687 g/mol. The van der Waals surface area contributed by atoms with Gasteiger partial charge in [0.2, 0.25) is 0 Å². The molecule has 0 aliphatic heterocycles. The van der Waals surface area contributed by atoms with Crippen molar-refractivity contribution in [1.29, 1.82) is 0 Å². The van der Waals surface area contributed by atoms with Gasteiger partial charge < -0.3 is 9.80 Å². The number of aromatic nitrogens is 2. The summed E-state index contributed by atoms with van der Waals surface area (Å²) in [7, 11) is 7.64. The van der Waals surface area contributed by atoms with E-state index in [4.69, 9.17) is 8.75 Å². The van der Waals surface area contributed by atoms with Crippen LogP contribution in [0.15, 0.2) is 72.8 Å². The Morgan fingerprint density at radius 1 is 0.467 bits per heavy atom. The van der Waals surface area contributed by atoms with Gasteiger partial charge in [-0.25, -0.2) is 8.78 Å². The Bertz CT molecular complexity index is 2160. The van der Waals surface area contributed by atoms with E-state index in [1.165, 1.54) is 11.7 Å². The van der Waals surface area contributed by atoms with Crippen LogP contribution < -0.4 is 9.80 Å². The molecule has 0 bridgehead atoms. The molecule has 0 saturated carbocycles. The predicted octanol–water partition coefficient (Wildman–Crippen LogP) is 11.3. The lowest BCUT2D eigenvalue weighted by Gasteiger charge is -2.13. The maximum atomic E-state index is 14.9. The predicted molar refractivity (Wildman–Crippen MR) is 194 cm³/mol. The van der Waals surface area contributed by atoms with E-state index in [-0.39, 0.29) is 11.6 Å². The molecule has 0 amide bonds. The minimum absolute atomic E-state index is 0.211. The van der Waals surface area contributed by atoms with Crippen molar-refractivity contribution in [3.8, 4) is 41.8 Å². The van der Waals surface area contributed by atoms with Crippen molar-refractivity contribution in [1.82, 2.24) is 8.75 Å². The highest BCUT2D eigenvalue weighted by atomic mass is 32.1. The summed E-state index contributed by atoms with van der Waals surface area (Å²) in [5.41, 5.74) is 6.81. The van der Waals surface area contributed by atoms with Crippen molar-refractivity contribution in [3.63, 3.8) is 0 Å². The molecular formula is C34H24F2N4S5. The number of halogens is 2. The highest BCUT2D eigenvalue weighted by Gasteiger charge is 2.20. The van der Waals surface area contributed by atoms with E-state index >= 15 is 0 Å². The summed E-state index contributed by atoms with van der Waals surface area (Å²) in [5, 5.41) is 0. The van der Waals surface area contributed by atoms with Gasteiger partial charge in [-0.2, -0.15) is 8.75 Å². The Morgan fingerprint density at radius 3 is 1.13 bits per heavy atom. The second-order valence-electron chi connectivity index (χ2n) is 11.1. The highest BCUT2D eigenvalue weighted by molar-refractivity contribution is 7.31. The average Bonchev–Trinajstić information content (AvgIpc) is 3.82. The van der Waals surface area contributed by atoms with Crippen molar-refractivity contribution in [3.05, 3.63) is 84.4 Å². The zero-order valence-electron chi connectivity index (χ0n) is 24.5. The fourth-order valence-electron chi connectivity index (χ4n) is 5.43. The van der Waals surface area contributed by atoms with E-state index in [2.05, 4.69) is 36.4 Å². The van der Waals surface area contributed by atoms with Gasteiger partial charge in [0.1, 0.15) is 22.7 Å². The number of hydrogen-bond acceptors (Lipinski definition) is 9. The van der Waals surface area contributed by atoms with Crippen LogP contribution in [-0.4, -0.2) is 36.9 Å². The molecule has 4 nitrogen and oxygen atoms in total. The number of fused-ring (bicyclic) bond motifs is 3.